The van der Waals surface area contributed by atoms with E-state index in [1.807, 2.05) is 0 Å². The Morgan fingerprint density at radius 1 is 1.00 bits per heavy atom. The Labute approximate surface area is 91.1 Å². The highest BCUT2D eigenvalue weighted by Crippen LogP contribution is 2.11. The lowest BCUT2D eigenvalue weighted by atomic mass is 10.4. The Kier molecular flexibility index (Phi) is 3.43. The summed E-state index contributed by atoms with van der Waals surface area (Å²) in [5.74, 6) is 0.618. The maximum Gasteiger partial charge on any atom is 0.194 e. The van der Waals surface area contributed by atoms with Crippen LogP contribution in [0, 0.1) is 0 Å². The average molecular weight is 211 g/mol. The Morgan fingerprint density at radius 3 is 2.13 bits per heavy atom. The van der Waals surface area contributed by atoms with Gasteiger partial charge in [0, 0.05) is 26.2 Å². The van der Waals surface area contributed by atoms with E-state index in [4.69, 9.17) is 11.5 Å². The molecule has 0 radical (unpaired) electrons. The van der Waals surface area contributed by atoms with Crippen molar-refractivity contribution >= 4 is 5.96 Å². The molecule has 86 valence electrons. The van der Waals surface area contributed by atoms with Gasteiger partial charge in [0.05, 0.1) is 0 Å². The number of nitrogens with two attached hydrogens (primary N) is 2. The van der Waals surface area contributed by atoms with E-state index in [0.717, 1.165) is 26.2 Å². The highest BCUT2D eigenvalue weighted by molar-refractivity contribution is 5.78. The monoisotopic (exact) mass is 211 g/mol. The molecule has 0 bridgehead atoms. The second kappa shape index (κ2) is 4.81. The number of rotatable bonds is 2. The van der Waals surface area contributed by atoms with Gasteiger partial charge in [-0.2, -0.15) is 0 Å². The zero-order valence-electron chi connectivity index (χ0n) is 9.23. The lowest BCUT2D eigenvalue weighted by Gasteiger charge is -2.23. The molecule has 15 heavy (non-hydrogen) atoms. The van der Waals surface area contributed by atoms with Crippen LogP contribution in [0.5, 0.6) is 0 Å². The molecule has 2 rings (SSSR count). The first-order valence-electron chi connectivity index (χ1n) is 5.85. The van der Waals surface area contributed by atoms with Gasteiger partial charge in [-0.25, -0.2) is 4.99 Å². The summed E-state index contributed by atoms with van der Waals surface area (Å²) in [6, 6.07) is 0. The van der Waals surface area contributed by atoms with Gasteiger partial charge < -0.3 is 10.6 Å². The summed E-state index contributed by atoms with van der Waals surface area (Å²) in [7, 11) is 0. The second-order valence-electron chi connectivity index (χ2n) is 4.34. The van der Waals surface area contributed by atoms with Crippen LogP contribution in [0.3, 0.4) is 0 Å². The Balaban J connectivity index is 1.89. The van der Waals surface area contributed by atoms with Crippen LogP contribution in [-0.4, -0.2) is 48.2 Å². The Morgan fingerprint density at radius 2 is 1.53 bits per heavy atom. The third-order valence-corrected chi connectivity index (χ3v) is 3.21. The minimum atomic E-state index is -0.243. The van der Waals surface area contributed by atoms with E-state index in [-0.39, 0.29) is 6.29 Å². The largest absolute Gasteiger partial charge is 0.370 e. The second-order valence-corrected chi connectivity index (χ2v) is 4.34. The minimum absolute atomic E-state index is 0.243. The van der Waals surface area contributed by atoms with Gasteiger partial charge in [0.15, 0.2) is 12.2 Å². The first-order chi connectivity index (χ1) is 7.27. The number of likely N-dealkylation sites (tertiary alicyclic amines) is 2. The molecule has 5 nitrogen and oxygen atoms in total. The van der Waals surface area contributed by atoms with Crippen LogP contribution in [0.1, 0.15) is 25.7 Å². The molecule has 2 aliphatic rings. The fourth-order valence-electron chi connectivity index (χ4n) is 2.25. The maximum atomic E-state index is 5.98. The fraction of sp³-hybridized carbons (Fsp3) is 0.900. The van der Waals surface area contributed by atoms with Crippen molar-refractivity contribution in [1.82, 2.24) is 9.80 Å². The molecule has 1 atom stereocenters. The zero-order chi connectivity index (χ0) is 10.7. The summed E-state index contributed by atoms with van der Waals surface area (Å²) in [4.78, 5) is 8.67. The van der Waals surface area contributed by atoms with Crippen molar-refractivity contribution < 1.29 is 0 Å². The van der Waals surface area contributed by atoms with Crippen LogP contribution in [0.2, 0.25) is 0 Å². The van der Waals surface area contributed by atoms with Gasteiger partial charge in [-0.15, -0.1) is 0 Å². The van der Waals surface area contributed by atoms with Crippen LogP contribution < -0.4 is 11.5 Å². The normalized spacial score (nSPS) is 26.2. The van der Waals surface area contributed by atoms with Crippen molar-refractivity contribution in [3.8, 4) is 0 Å². The molecule has 0 amide bonds. The molecule has 1 unspecified atom stereocenters. The molecule has 5 heteroatoms. The molecule has 0 aromatic rings. The van der Waals surface area contributed by atoms with E-state index < -0.39 is 0 Å². The van der Waals surface area contributed by atoms with Gasteiger partial charge in [0.2, 0.25) is 0 Å². The van der Waals surface area contributed by atoms with Gasteiger partial charge in [-0.05, 0) is 25.7 Å². The van der Waals surface area contributed by atoms with Crippen LogP contribution in [0.25, 0.3) is 0 Å². The molecule has 0 aromatic carbocycles. The lowest BCUT2D eigenvalue weighted by molar-refractivity contribution is 0.253. The summed E-state index contributed by atoms with van der Waals surface area (Å²) >= 11 is 0. The highest BCUT2D eigenvalue weighted by atomic mass is 15.4. The molecule has 0 aliphatic carbocycles. The summed E-state index contributed by atoms with van der Waals surface area (Å²) in [5, 5.41) is 0. The third kappa shape index (κ3) is 2.60. The molecule has 0 spiro atoms. The van der Waals surface area contributed by atoms with Gasteiger partial charge in [0.25, 0.3) is 0 Å². The molecular formula is C10H21N5. The summed E-state index contributed by atoms with van der Waals surface area (Å²) in [6.45, 7) is 4.17. The van der Waals surface area contributed by atoms with Crippen molar-refractivity contribution in [1.29, 1.82) is 0 Å². The summed E-state index contributed by atoms with van der Waals surface area (Å²) < 4.78 is 0. The van der Waals surface area contributed by atoms with E-state index >= 15 is 0 Å². The smallest absolute Gasteiger partial charge is 0.194 e. The van der Waals surface area contributed by atoms with E-state index in [1.165, 1.54) is 25.7 Å². The number of nitrogens with zero attached hydrogens (tertiary/aromatic N) is 3. The third-order valence-electron chi connectivity index (χ3n) is 3.21. The molecule has 2 saturated heterocycles. The van der Waals surface area contributed by atoms with Crippen molar-refractivity contribution in [2.45, 2.75) is 32.0 Å². The van der Waals surface area contributed by atoms with E-state index in [1.54, 1.807) is 0 Å². The molecule has 0 aromatic heterocycles. The van der Waals surface area contributed by atoms with Gasteiger partial charge in [0.1, 0.15) is 0 Å². The SMILES string of the molecule is N/C(=N\C(N)N1CCCC1)N1CCCC1. The maximum absolute atomic E-state index is 5.98. The molecule has 2 fully saturated rings. The van der Waals surface area contributed by atoms with Crippen LogP contribution in [0.4, 0.5) is 0 Å². The Bertz CT molecular complexity index is 228. The average Bonchev–Trinajstić information content (AvgIpc) is 2.91. The fourth-order valence-corrected chi connectivity index (χ4v) is 2.25. The van der Waals surface area contributed by atoms with Gasteiger partial charge in [-0.1, -0.05) is 0 Å². The lowest BCUT2D eigenvalue weighted by Crippen LogP contribution is -2.43. The van der Waals surface area contributed by atoms with E-state index in [2.05, 4.69) is 14.8 Å². The van der Waals surface area contributed by atoms with Gasteiger partial charge in [-0.3, -0.25) is 10.6 Å². The van der Waals surface area contributed by atoms with Crippen LogP contribution >= 0.6 is 0 Å². The zero-order valence-corrected chi connectivity index (χ0v) is 9.23. The molecule has 2 heterocycles. The summed E-state index contributed by atoms with van der Waals surface area (Å²) in [5.41, 5.74) is 11.9. The molecular weight excluding hydrogens is 190 g/mol. The van der Waals surface area contributed by atoms with Crippen molar-refractivity contribution in [2.24, 2.45) is 16.5 Å². The number of hydrogen-bond acceptors (Lipinski definition) is 3. The van der Waals surface area contributed by atoms with Crippen molar-refractivity contribution in [3.63, 3.8) is 0 Å². The minimum Gasteiger partial charge on any atom is -0.370 e. The standard InChI is InChI=1S/C10H21N5/c11-9(14-5-1-2-6-14)13-10(12)15-7-3-4-8-15/h9H,1-8,11H2,(H2,12,13). The molecule has 2 aliphatic heterocycles. The van der Waals surface area contributed by atoms with Gasteiger partial charge >= 0.3 is 0 Å². The predicted octanol–water partition coefficient (Wildman–Crippen LogP) is -0.265. The van der Waals surface area contributed by atoms with E-state index in [9.17, 15) is 0 Å². The quantitative estimate of drug-likeness (QED) is 0.487. The number of hydrogen-bond donors (Lipinski definition) is 2. The first kappa shape index (κ1) is 10.7. The number of guanidine groups is 1. The van der Waals surface area contributed by atoms with Crippen molar-refractivity contribution in [3.05, 3.63) is 0 Å². The predicted molar refractivity (Wildman–Crippen MR) is 61.2 cm³/mol. The molecule has 4 N–H and O–H groups in total. The number of aliphatic imine (C=N–C) groups is 1. The molecule has 0 saturated carbocycles. The van der Waals surface area contributed by atoms with Crippen LogP contribution in [-0.2, 0) is 0 Å². The Hall–Kier alpha value is -0.810. The van der Waals surface area contributed by atoms with Crippen molar-refractivity contribution in [2.75, 3.05) is 26.2 Å². The first-order valence-corrected chi connectivity index (χ1v) is 5.85. The highest BCUT2D eigenvalue weighted by Gasteiger charge is 2.20. The van der Waals surface area contributed by atoms with Crippen LogP contribution in [0.15, 0.2) is 4.99 Å². The van der Waals surface area contributed by atoms with E-state index in [0.29, 0.717) is 5.96 Å². The topological polar surface area (TPSA) is 70.9 Å². The summed E-state index contributed by atoms with van der Waals surface area (Å²) in [6.07, 6.45) is 4.65.